The summed E-state index contributed by atoms with van der Waals surface area (Å²) in [6.07, 6.45) is -11.2. The number of hydrogen-bond acceptors (Lipinski definition) is 3. The molecule has 1 saturated heterocycles. The normalized spacial score (nSPS) is 33.5. The fraction of sp³-hybridized carbons (Fsp3) is 0.800. The highest BCUT2D eigenvalue weighted by molar-refractivity contribution is 8.42. The van der Waals surface area contributed by atoms with Crippen LogP contribution in [0, 0.1) is 0 Å². The van der Waals surface area contributed by atoms with Crippen molar-refractivity contribution in [1.82, 2.24) is 0 Å². The summed E-state index contributed by atoms with van der Waals surface area (Å²) in [6, 6.07) is 0. The Balaban J connectivity index is 3.12. The van der Waals surface area contributed by atoms with Gasteiger partial charge >= 0.3 is 12.4 Å². The van der Waals surface area contributed by atoms with Crippen molar-refractivity contribution in [2.24, 2.45) is 0 Å². The molecule has 0 radical (unpaired) electrons. The average Bonchev–Trinajstić information content (AvgIpc) is 2.24. The molecule has 0 aromatic carbocycles. The van der Waals surface area contributed by atoms with Gasteiger partial charge in [0, 0.05) is 0 Å². The minimum absolute atomic E-state index is 0.690. The molecule has 0 aliphatic carbocycles. The number of carbonyl (C=O) groups excluding carboxylic acids is 1. The van der Waals surface area contributed by atoms with E-state index in [0.29, 0.717) is 0 Å². The molecule has 2 unspecified atom stereocenters. The highest BCUT2D eigenvalue weighted by Crippen LogP contribution is 2.60. The lowest BCUT2D eigenvalue weighted by Gasteiger charge is -2.27. The van der Waals surface area contributed by atoms with Gasteiger partial charge in [0.1, 0.15) is 0 Å². The lowest BCUT2D eigenvalue weighted by Crippen LogP contribution is -2.50. The Bertz CT molecular complexity index is 284. The second kappa shape index (κ2) is 3.44. The van der Waals surface area contributed by atoms with Crippen molar-refractivity contribution in [1.29, 1.82) is 0 Å². The molecule has 0 saturated carbocycles. The molecular formula is C5HF7OS2. The van der Waals surface area contributed by atoms with Gasteiger partial charge in [-0.3, -0.25) is 4.79 Å². The SMILES string of the molecule is O=C1SC(C(F)(F)F)C(F)(C(F)(F)F)S1. The third-order valence-electron chi connectivity index (χ3n) is 1.47. The molecule has 0 bridgehead atoms. The number of carbonyl (C=O) groups is 1. The zero-order valence-corrected chi connectivity index (χ0v) is 8.08. The zero-order chi connectivity index (χ0) is 12.1. The van der Waals surface area contributed by atoms with Crippen LogP contribution < -0.4 is 0 Å². The van der Waals surface area contributed by atoms with Gasteiger partial charge in [-0.25, -0.2) is 4.39 Å². The van der Waals surface area contributed by atoms with Gasteiger partial charge in [-0.1, -0.05) is 11.8 Å². The first-order valence-corrected chi connectivity index (χ1v) is 4.90. The average molecular weight is 274 g/mol. The summed E-state index contributed by atoms with van der Waals surface area (Å²) in [6.45, 7) is 0. The van der Waals surface area contributed by atoms with Gasteiger partial charge in [-0.2, -0.15) is 26.3 Å². The van der Waals surface area contributed by atoms with E-state index in [0.717, 1.165) is 0 Å². The Morgan fingerprint density at radius 3 is 1.87 bits per heavy atom. The molecule has 0 aromatic heterocycles. The van der Waals surface area contributed by atoms with Crippen molar-refractivity contribution >= 4 is 28.0 Å². The number of alkyl halides is 7. The Hall–Kier alpha value is -0.120. The van der Waals surface area contributed by atoms with Crippen molar-refractivity contribution in [3.63, 3.8) is 0 Å². The summed E-state index contributed by atoms with van der Waals surface area (Å²) in [4.78, 5) is 10.4. The molecule has 1 heterocycles. The molecule has 15 heavy (non-hydrogen) atoms. The first-order chi connectivity index (χ1) is 6.48. The minimum Gasteiger partial charge on any atom is -0.274 e. The van der Waals surface area contributed by atoms with Crippen molar-refractivity contribution in [2.45, 2.75) is 22.6 Å². The van der Waals surface area contributed by atoms with E-state index in [9.17, 15) is 35.5 Å². The van der Waals surface area contributed by atoms with Crippen LogP contribution in [0.2, 0.25) is 0 Å². The number of thioether (sulfide) groups is 2. The summed E-state index contributed by atoms with van der Waals surface area (Å²) in [5, 5.41) is -7.99. The second-order valence-electron chi connectivity index (χ2n) is 2.53. The Morgan fingerprint density at radius 2 is 1.60 bits per heavy atom. The topological polar surface area (TPSA) is 17.1 Å². The van der Waals surface area contributed by atoms with Crippen LogP contribution in [0.5, 0.6) is 0 Å². The summed E-state index contributed by atoms with van der Waals surface area (Å²) in [5.74, 6) is 0. The Morgan fingerprint density at radius 1 is 1.13 bits per heavy atom. The monoisotopic (exact) mass is 274 g/mol. The van der Waals surface area contributed by atoms with Crippen LogP contribution in [0.1, 0.15) is 0 Å². The molecule has 1 aliphatic heterocycles. The van der Waals surface area contributed by atoms with Gasteiger partial charge in [0.25, 0.3) is 5.00 Å². The van der Waals surface area contributed by atoms with Crippen molar-refractivity contribution in [3.8, 4) is 0 Å². The van der Waals surface area contributed by atoms with E-state index in [4.69, 9.17) is 0 Å². The van der Waals surface area contributed by atoms with Crippen LogP contribution in [-0.4, -0.2) is 27.1 Å². The maximum absolute atomic E-state index is 13.1. The van der Waals surface area contributed by atoms with Crippen LogP contribution in [0.25, 0.3) is 0 Å². The smallest absolute Gasteiger partial charge is 0.274 e. The first kappa shape index (κ1) is 12.9. The summed E-state index contributed by atoms with van der Waals surface area (Å²) in [7, 11) is 0. The standard InChI is InChI=1S/C5HF7OS2/c6-3(5(10,11)12)1(4(7,8)9)14-2(13)15-3/h1H. The fourth-order valence-electron chi connectivity index (χ4n) is 0.855. The molecule has 2 atom stereocenters. The van der Waals surface area contributed by atoms with Gasteiger partial charge in [-0.05, 0) is 11.8 Å². The van der Waals surface area contributed by atoms with Crippen LogP contribution in [0.15, 0.2) is 0 Å². The predicted molar refractivity (Wildman–Crippen MR) is 40.3 cm³/mol. The molecule has 10 heteroatoms. The maximum atomic E-state index is 13.1. The molecular weight excluding hydrogens is 273 g/mol. The minimum atomic E-state index is -5.74. The lowest BCUT2D eigenvalue weighted by molar-refractivity contribution is -0.229. The molecule has 0 N–H and O–H groups in total. The quantitative estimate of drug-likeness (QED) is 0.626. The van der Waals surface area contributed by atoms with E-state index in [-0.39, 0.29) is 0 Å². The zero-order valence-electron chi connectivity index (χ0n) is 6.45. The highest BCUT2D eigenvalue weighted by atomic mass is 32.2. The first-order valence-electron chi connectivity index (χ1n) is 3.20. The van der Waals surface area contributed by atoms with Crippen LogP contribution in [0.4, 0.5) is 35.5 Å². The molecule has 0 amide bonds. The van der Waals surface area contributed by atoms with E-state index >= 15 is 0 Å². The summed E-state index contributed by atoms with van der Waals surface area (Å²) < 4.78 is 83.8. The second-order valence-corrected chi connectivity index (χ2v) is 5.04. The molecule has 1 rings (SSSR count). The predicted octanol–water partition coefficient (Wildman–Crippen LogP) is 3.75. The van der Waals surface area contributed by atoms with E-state index in [1.54, 1.807) is 0 Å². The summed E-state index contributed by atoms with van der Waals surface area (Å²) >= 11 is -1.67. The van der Waals surface area contributed by atoms with Crippen LogP contribution in [-0.2, 0) is 0 Å². The van der Waals surface area contributed by atoms with Crippen molar-refractivity contribution < 1.29 is 35.5 Å². The van der Waals surface area contributed by atoms with E-state index in [1.807, 2.05) is 0 Å². The van der Waals surface area contributed by atoms with Gasteiger partial charge in [-0.15, -0.1) is 0 Å². The van der Waals surface area contributed by atoms with Gasteiger partial charge < -0.3 is 0 Å². The maximum Gasteiger partial charge on any atom is 0.434 e. The molecule has 0 spiro atoms. The van der Waals surface area contributed by atoms with Gasteiger partial charge in [0.05, 0.1) is 0 Å². The van der Waals surface area contributed by atoms with Crippen LogP contribution in [0.3, 0.4) is 0 Å². The van der Waals surface area contributed by atoms with Gasteiger partial charge in [0.15, 0.2) is 5.25 Å². The number of halogens is 7. The number of hydrogen-bond donors (Lipinski definition) is 0. The third-order valence-corrected chi connectivity index (χ3v) is 4.11. The number of rotatable bonds is 0. The molecule has 1 fully saturated rings. The fourth-order valence-corrected chi connectivity index (χ4v) is 3.20. The van der Waals surface area contributed by atoms with Crippen LogP contribution >= 0.6 is 23.5 Å². The Kier molecular flexibility index (Phi) is 2.97. The van der Waals surface area contributed by atoms with E-state index in [1.165, 1.54) is 0 Å². The van der Waals surface area contributed by atoms with E-state index in [2.05, 4.69) is 0 Å². The molecule has 1 nitrogen and oxygen atoms in total. The molecule has 88 valence electrons. The summed E-state index contributed by atoms with van der Waals surface area (Å²) in [5.41, 5.74) is 0. The Labute approximate surface area is 86.8 Å². The molecule has 0 aromatic rings. The highest BCUT2D eigenvalue weighted by Gasteiger charge is 2.74. The van der Waals surface area contributed by atoms with E-state index < -0.39 is 50.6 Å². The lowest BCUT2D eigenvalue weighted by atomic mass is 10.2. The van der Waals surface area contributed by atoms with Crippen molar-refractivity contribution in [3.05, 3.63) is 0 Å². The van der Waals surface area contributed by atoms with Crippen molar-refractivity contribution in [2.75, 3.05) is 0 Å². The molecule has 1 aliphatic rings. The third kappa shape index (κ3) is 2.19. The largest absolute Gasteiger partial charge is 0.434 e. The van der Waals surface area contributed by atoms with Gasteiger partial charge in [0.2, 0.25) is 4.45 Å².